The van der Waals surface area contributed by atoms with Crippen LogP contribution in [0.3, 0.4) is 0 Å². The number of hydrogen-bond donors (Lipinski definition) is 3. The number of furan rings is 1. The van der Waals surface area contributed by atoms with E-state index in [1.807, 2.05) is 48.5 Å². The fraction of sp³-hybridized carbons (Fsp3) is 0.286. The Labute approximate surface area is 179 Å². The highest BCUT2D eigenvalue weighted by Crippen LogP contribution is 2.29. The first-order valence-corrected chi connectivity index (χ1v) is 10.2. The van der Waals surface area contributed by atoms with Gasteiger partial charge < -0.3 is 29.8 Å². The molecule has 0 aliphatic carbocycles. The summed E-state index contributed by atoms with van der Waals surface area (Å²) in [5.41, 5.74) is 1.66. The van der Waals surface area contributed by atoms with E-state index in [1.54, 1.807) is 12.5 Å². The molecule has 0 spiro atoms. The van der Waals surface area contributed by atoms with Gasteiger partial charge >= 0.3 is 0 Å². The van der Waals surface area contributed by atoms with Crippen LogP contribution >= 0.6 is 12.2 Å². The van der Waals surface area contributed by atoms with Gasteiger partial charge in [0.05, 0.1) is 31.6 Å². The van der Waals surface area contributed by atoms with Gasteiger partial charge in [0, 0.05) is 11.9 Å². The van der Waals surface area contributed by atoms with Crippen molar-refractivity contribution in [1.29, 1.82) is 0 Å². The van der Waals surface area contributed by atoms with Crippen LogP contribution in [0.25, 0.3) is 11.5 Å². The molecule has 5 rings (SSSR count). The molecular weight excluding hydrogens is 402 g/mol. The third kappa shape index (κ3) is 4.00. The van der Waals surface area contributed by atoms with E-state index in [0.29, 0.717) is 30.0 Å². The highest BCUT2D eigenvalue weighted by Gasteiger charge is 2.48. The molecule has 2 fully saturated rings. The number of benzene rings is 1. The minimum atomic E-state index is -0.113. The van der Waals surface area contributed by atoms with Crippen LogP contribution in [0.2, 0.25) is 0 Å². The molecule has 30 heavy (non-hydrogen) atoms. The maximum absolute atomic E-state index is 6.02. The lowest BCUT2D eigenvalue weighted by Gasteiger charge is -2.20. The highest BCUT2D eigenvalue weighted by atomic mass is 32.1. The van der Waals surface area contributed by atoms with Crippen molar-refractivity contribution in [3.8, 4) is 11.5 Å². The zero-order valence-corrected chi connectivity index (χ0v) is 16.8. The lowest BCUT2D eigenvalue weighted by atomic mass is 10.1. The van der Waals surface area contributed by atoms with E-state index in [9.17, 15) is 0 Å². The number of nitrogens with one attached hydrogen (secondary N) is 3. The summed E-state index contributed by atoms with van der Waals surface area (Å²) in [6.45, 7) is 1.01. The van der Waals surface area contributed by atoms with Crippen molar-refractivity contribution in [2.75, 3.05) is 23.8 Å². The molecule has 3 aromatic rings. The number of para-hydroxylation sites is 1. The van der Waals surface area contributed by atoms with Gasteiger partial charge in [-0.25, -0.2) is 9.97 Å². The molecule has 2 aromatic heterocycles. The molecule has 0 radical (unpaired) electrons. The summed E-state index contributed by atoms with van der Waals surface area (Å²) < 4.78 is 17.4. The summed E-state index contributed by atoms with van der Waals surface area (Å²) in [5, 5.41) is 10.4. The molecule has 9 heteroatoms. The second-order valence-corrected chi connectivity index (χ2v) is 7.57. The normalized spacial score (nSPS) is 24.9. The van der Waals surface area contributed by atoms with Crippen molar-refractivity contribution in [1.82, 2.24) is 15.3 Å². The Balaban J connectivity index is 1.20. The van der Waals surface area contributed by atoms with Crippen LogP contribution in [0.1, 0.15) is 0 Å². The predicted molar refractivity (Wildman–Crippen MR) is 116 cm³/mol. The highest BCUT2D eigenvalue weighted by molar-refractivity contribution is 7.80. The number of anilines is 2. The van der Waals surface area contributed by atoms with E-state index in [1.165, 1.54) is 0 Å². The molecule has 0 bridgehead atoms. The quantitative estimate of drug-likeness (QED) is 0.536. The van der Waals surface area contributed by atoms with E-state index < -0.39 is 0 Å². The Bertz CT molecular complexity index is 1000. The molecule has 4 atom stereocenters. The van der Waals surface area contributed by atoms with Crippen LogP contribution < -0.4 is 16.0 Å². The number of fused-ring (bicyclic) bond motifs is 1. The third-order valence-corrected chi connectivity index (χ3v) is 5.37. The monoisotopic (exact) mass is 423 g/mol. The second-order valence-electron chi connectivity index (χ2n) is 7.16. The van der Waals surface area contributed by atoms with Crippen LogP contribution in [0, 0.1) is 0 Å². The van der Waals surface area contributed by atoms with Gasteiger partial charge in [0.2, 0.25) is 5.95 Å². The predicted octanol–water partition coefficient (Wildman–Crippen LogP) is 2.67. The Morgan fingerprint density at radius 1 is 0.967 bits per heavy atom. The molecule has 2 aliphatic heterocycles. The summed E-state index contributed by atoms with van der Waals surface area (Å²) in [7, 11) is 0. The summed E-state index contributed by atoms with van der Waals surface area (Å²) in [6.07, 6.45) is 3.11. The van der Waals surface area contributed by atoms with Gasteiger partial charge in [-0.3, -0.25) is 0 Å². The number of thiocarbonyl (C=S) groups is 1. The van der Waals surface area contributed by atoms with Crippen LogP contribution in [0.15, 0.2) is 65.4 Å². The van der Waals surface area contributed by atoms with Crippen LogP contribution in [0.4, 0.5) is 11.6 Å². The van der Waals surface area contributed by atoms with Gasteiger partial charge in [0.25, 0.3) is 0 Å². The zero-order chi connectivity index (χ0) is 20.3. The molecule has 2 saturated heterocycles. The smallest absolute Gasteiger partial charge is 0.223 e. The van der Waals surface area contributed by atoms with Crippen LogP contribution in [-0.4, -0.2) is 52.6 Å². The van der Waals surface area contributed by atoms with Gasteiger partial charge in [0.15, 0.2) is 10.9 Å². The largest absolute Gasteiger partial charge is 0.463 e. The molecule has 154 valence electrons. The molecule has 8 nitrogen and oxygen atoms in total. The van der Waals surface area contributed by atoms with E-state index in [0.717, 1.165) is 11.4 Å². The summed E-state index contributed by atoms with van der Waals surface area (Å²) >= 11 is 5.44. The van der Waals surface area contributed by atoms with Crippen LogP contribution in [0.5, 0.6) is 0 Å². The first-order chi connectivity index (χ1) is 14.8. The standard InChI is InChI=1S/C21H21N5O3S/c30-21(23-13-5-2-1-3-6-13)26-16-12-29-18-15(11-28-19(16)18)25-20-22-9-8-14(24-20)17-7-4-10-27-17/h1-10,15-16,18-19H,11-12H2,(H,22,24,25)(H2,23,26,30)/t15-,16-,18+,19+/m0/s1. The summed E-state index contributed by atoms with van der Waals surface area (Å²) in [6, 6.07) is 15.2. The Kier molecular flexibility index (Phi) is 5.31. The number of hydrogen-bond acceptors (Lipinski definition) is 7. The Morgan fingerprint density at radius 3 is 2.57 bits per heavy atom. The van der Waals surface area contributed by atoms with Gasteiger partial charge in [-0.1, -0.05) is 18.2 Å². The molecule has 0 saturated carbocycles. The van der Waals surface area contributed by atoms with Gasteiger partial charge in [-0.15, -0.1) is 0 Å². The number of rotatable bonds is 5. The minimum absolute atomic E-state index is 0.0270. The lowest BCUT2D eigenvalue weighted by Crippen LogP contribution is -2.46. The van der Waals surface area contributed by atoms with Crippen molar-refractivity contribution in [2.45, 2.75) is 24.3 Å². The van der Waals surface area contributed by atoms with Gasteiger partial charge in [0.1, 0.15) is 17.9 Å². The molecule has 1 aromatic carbocycles. The SMILES string of the molecule is S=C(Nc1ccccc1)N[C@H]1CO[C@H]2[C@@H]1OC[C@@H]2Nc1nccc(-c2ccco2)n1. The van der Waals surface area contributed by atoms with Crippen molar-refractivity contribution in [3.05, 3.63) is 61.0 Å². The Morgan fingerprint density at radius 2 is 1.77 bits per heavy atom. The second kappa shape index (κ2) is 8.39. The molecular formula is C21H21N5O3S. The van der Waals surface area contributed by atoms with Crippen molar-refractivity contribution in [2.24, 2.45) is 0 Å². The average Bonchev–Trinajstić information content (AvgIpc) is 3.50. The van der Waals surface area contributed by atoms with Gasteiger partial charge in [-0.2, -0.15) is 0 Å². The van der Waals surface area contributed by atoms with Crippen molar-refractivity contribution in [3.63, 3.8) is 0 Å². The van der Waals surface area contributed by atoms with Crippen molar-refractivity contribution < 1.29 is 13.9 Å². The maximum Gasteiger partial charge on any atom is 0.223 e. The lowest BCUT2D eigenvalue weighted by molar-refractivity contribution is 0.0689. The van der Waals surface area contributed by atoms with E-state index in [2.05, 4.69) is 25.9 Å². The number of nitrogens with zero attached hydrogens (tertiary/aromatic N) is 2. The van der Waals surface area contributed by atoms with E-state index in [-0.39, 0.29) is 24.3 Å². The zero-order valence-electron chi connectivity index (χ0n) is 16.0. The average molecular weight is 423 g/mol. The minimum Gasteiger partial charge on any atom is -0.463 e. The maximum atomic E-state index is 6.02. The third-order valence-electron chi connectivity index (χ3n) is 5.15. The first kappa shape index (κ1) is 19.0. The molecule has 4 heterocycles. The Hall–Kier alpha value is -3.01. The van der Waals surface area contributed by atoms with Crippen molar-refractivity contribution >= 4 is 29.0 Å². The van der Waals surface area contributed by atoms with Gasteiger partial charge in [-0.05, 0) is 42.5 Å². The topological polar surface area (TPSA) is 93.5 Å². The molecule has 0 unspecified atom stereocenters. The molecule has 3 N–H and O–H groups in total. The molecule has 2 aliphatic rings. The fourth-order valence-corrected chi connectivity index (χ4v) is 4.03. The molecule has 0 amide bonds. The number of ether oxygens (including phenoxy) is 2. The first-order valence-electron chi connectivity index (χ1n) is 9.75. The summed E-state index contributed by atoms with van der Waals surface area (Å²) in [4.78, 5) is 8.85. The summed E-state index contributed by atoms with van der Waals surface area (Å²) in [5.74, 6) is 1.21. The van der Waals surface area contributed by atoms with E-state index in [4.69, 9.17) is 26.1 Å². The van der Waals surface area contributed by atoms with E-state index >= 15 is 0 Å². The number of aromatic nitrogens is 2. The fourth-order valence-electron chi connectivity index (χ4n) is 3.76. The van der Waals surface area contributed by atoms with Crippen LogP contribution in [-0.2, 0) is 9.47 Å².